The van der Waals surface area contributed by atoms with Crippen LogP contribution in [0.3, 0.4) is 0 Å². The largest absolute Gasteiger partial charge is 0.387 e. The third-order valence-electron chi connectivity index (χ3n) is 4.89. The molecule has 146 valence electrons. The van der Waals surface area contributed by atoms with E-state index in [9.17, 15) is 9.90 Å². The summed E-state index contributed by atoms with van der Waals surface area (Å²) in [5.74, 6) is 0.0270. The van der Waals surface area contributed by atoms with Crippen LogP contribution in [-0.2, 0) is 16.0 Å². The number of aliphatic hydroxyl groups is 1. The summed E-state index contributed by atoms with van der Waals surface area (Å²) in [6.45, 7) is 2.53. The molecule has 0 aliphatic carbocycles. The molecule has 2 atom stereocenters. The summed E-state index contributed by atoms with van der Waals surface area (Å²) in [4.78, 5) is 14.8. The number of morpholine rings is 1. The van der Waals surface area contributed by atoms with Crippen LogP contribution in [0.15, 0.2) is 54.6 Å². The molecular weight excluding hydrogens is 354 g/mol. The zero-order chi connectivity index (χ0) is 19.8. The highest BCUT2D eigenvalue weighted by Gasteiger charge is 2.26. The second kappa shape index (κ2) is 10.00. The average molecular weight is 379 g/mol. The lowest BCUT2D eigenvalue weighted by Crippen LogP contribution is -2.51. The molecule has 28 heavy (non-hydrogen) atoms. The molecule has 1 fully saturated rings. The number of rotatable bonds is 7. The zero-order valence-corrected chi connectivity index (χ0v) is 15.8. The van der Waals surface area contributed by atoms with Crippen LogP contribution in [0.4, 0.5) is 0 Å². The molecule has 2 aromatic rings. The molecule has 6 nitrogen and oxygen atoms in total. The predicted molar refractivity (Wildman–Crippen MR) is 105 cm³/mol. The van der Waals surface area contributed by atoms with E-state index < -0.39 is 12.1 Å². The van der Waals surface area contributed by atoms with E-state index in [1.165, 1.54) is 0 Å². The van der Waals surface area contributed by atoms with Crippen molar-refractivity contribution in [2.75, 3.05) is 32.8 Å². The molecule has 0 saturated carbocycles. The third kappa shape index (κ3) is 5.40. The summed E-state index contributed by atoms with van der Waals surface area (Å²) in [5.41, 5.74) is 2.33. The second-order valence-corrected chi connectivity index (χ2v) is 6.84. The highest BCUT2D eigenvalue weighted by Crippen LogP contribution is 2.14. The standard InChI is InChI=1S/C22H25N3O3/c23-15-18-6-8-19(9-7-18)21(26)16-24-20(14-17-4-2-1-3-5-17)22(27)25-10-12-28-13-11-25/h1-9,20-21,24,26H,10-14,16H2. The number of nitriles is 1. The van der Waals surface area contributed by atoms with Gasteiger partial charge in [0.1, 0.15) is 0 Å². The first-order valence-corrected chi connectivity index (χ1v) is 9.49. The Kier molecular flexibility index (Phi) is 7.15. The number of ether oxygens (including phenoxy) is 1. The maximum atomic E-state index is 13.0. The van der Waals surface area contributed by atoms with E-state index in [1.54, 1.807) is 24.3 Å². The summed E-state index contributed by atoms with van der Waals surface area (Å²) in [6, 6.07) is 18.3. The van der Waals surface area contributed by atoms with Crippen molar-refractivity contribution in [2.45, 2.75) is 18.6 Å². The maximum absolute atomic E-state index is 13.0. The van der Waals surface area contributed by atoms with Crippen LogP contribution < -0.4 is 5.32 Å². The van der Waals surface area contributed by atoms with Gasteiger partial charge in [0.25, 0.3) is 0 Å². The fourth-order valence-corrected chi connectivity index (χ4v) is 3.25. The van der Waals surface area contributed by atoms with Crippen molar-refractivity contribution in [1.29, 1.82) is 5.26 Å². The number of benzene rings is 2. The first kappa shape index (κ1) is 20.0. The number of aliphatic hydroxyl groups excluding tert-OH is 1. The SMILES string of the molecule is N#Cc1ccc(C(O)CNC(Cc2ccccc2)C(=O)N2CCOCC2)cc1. The molecule has 1 amide bonds. The van der Waals surface area contributed by atoms with Crippen LogP contribution in [0.2, 0.25) is 0 Å². The minimum absolute atomic E-state index is 0.0270. The Balaban J connectivity index is 1.66. The van der Waals surface area contributed by atoms with E-state index in [-0.39, 0.29) is 12.5 Å². The minimum atomic E-state index is -0.761. The smallest absolute Gasteiger partial charge is 0.240 e. The molecule has 1 saturated heterocycles. The van der Waals surface area contributed by atoms with Gasteiger partial charge < -0.3 is 20.1 Å². The molecule has 2 N–H and O–H groups in total. The fourth-order valence-electron chi connectivity index (χ4n) is 3.25. The van der Waals surface area contributed by atoms with Crippen LogP contribution in [0.1, 0.15) is 22.8 Å². The quantitative estimate of drug-likeness (QED) is 0.764. The normalized spacial score (nSPS) is 16.2. The van der Waals surface area contributed by atoms with Crippen molar-refractivity contribution in [3.8, 4) is 6.07 Å². The Labute approximate surface area is 165 Å². The van der Waals surface area contributed by atoms with Crippen LogP contribution in [-0.4, -0.2) is 54.8 Å². The molecule has 0 spiro atoms. The zero-order valence-electron chi connectivity index (χ0n) is 15.8. The van der Waals surface area contributed by atoms with Gasteiger partial charge in [0, 0.05) is 19.6 Å². The summed E-state index contributed by atoms with van der Waals surface area (Å²) in [6.07, 6.45) is -0.208. The lowest BCUT2D eigenvalue weighted by atomic mass is 10.0. The van der Waals surface area contributed by atoms with Crippen molar-refractivity contribution >= 4 is 5.91 Å². The van der Waals surface area contributed by atoms with E-state index >= 15 is 0 Å². The average Bonchev–Trinajstić information content (AvgIpc) is 2.77. The van der Waals surface area contributed by atoms with Crippen LogP contribution in [0.5, 0.6) is 0 Å². The van der Waals surface area contributed by atoms with Crippen molar-refractivity contribution in [2.24, 2.45) is 0 Å². The second-order valence-electron chi connectivity index (χ2n) is 6.84. The highest BCUT2D eigenvalue weighted by molar-refractivity contribution is 5.82. The molecule has 6 heteroatoms. The van der Waals surface area contributed by atoms with Gasteiger partial charge in [-0.05, 0) is 29.7 Å². The van der Waals surface area contributed by atoms with E-state index in [4.69, 9.17) is 10.00 Å². The van der Waals surface area contributed by atoms with Gasteiger partial charge >= 0.3 is 0 Å². The molecule has 1 aliphatic heterocycles. The van der Waals surface area contributed by atoms with E-state index in [0.29, 0.717) is 43.9 Å². The monoisotopic (exact) mass is 379 g/mol. The number of hydrogen-bond donors (Lipinski definition) is 2. The number of nitrogens with zero attached hydrogens (tertiary/aromatic N) is 2. The highest BCUT2D eigenvalue weighted by atomic mass is 16.5. The van der Waals surface area contributed by atoms with Crippen LogP contribution in [0.25, 0.3) is 0 Å². The number of amides is 1. The predicted octanol–water partition coefficient (Wildman–Crippen LogP) is 1.65. The Bertz CT molecular complexity index is 796. The Morgan fingerprint density at radius 3 is 2.46 bits per heavy atom. The number of hydrogen-bond acceptors (Lipinski definition) is 5. The van der Waals surface area contributed by atoms with Gasteiger partial charge in [-0.25, -0.2) is 0 Å². The molecule has 1 heterocycles. The van der Waals surface area contributed by atoms with E-state index in [2.05, 4.69) is 11.4 Å². The van der Waals surface area contributed by atoms with Crippen molar-refractivity contribution < 1.29 is 14.6 Å². The Hall–Kier alpha value is -2.72. The van der Waals surface area contributed by atoms with Gasteiger partial charge in [-0.3, -0.25) is 4.79 Å². The van der Waals surface area contributed by atoms with Crippen molar-refractivity contribution in [3.63, 3.8) is 0 Å². The lowest BCUT2D eigenvalue weighted by Gasteiger charge is -2.31. The minimum Gasteiger partial charge on any atom is -0.387 e. The lowest BCUT2D eigenvalue weighted by molar-refractivity contribution is -0.137. The van der Waals surface area contributed by atoms with Gasteiger partial charge in [0.05, 0.1) is 37.0 Å². The molecule has 2 aromatic carbocycles. The molecule has 3 rings (SSSR count). The number of nitrogens with one attached hydrogen (secondary N) is 1. The fraction of sp³-hybridized carbons (Fsp3) is 0.364. The summed E-state index contributed by atoms with van der Waals surface area (Å²) in [5, 5.41) is 22.6. The molecule has 0 aromatic heterocycles. The maximum Gasteiger partial charge on any atom is 0.240 e. The first-order chi connectivity index (χ1) is 13.7. The third-order valence-corrected chi connectivity index (χ3v) is 4.89. The summed E-state index contributed by atoms with van der Waals surface area (Å²) >= 11 is 0. The van der Waals surface area contributed by atoms with E-state index in [0.717, 1.165) is 5.56 Å². The number of carbonyl (C=O) groups is 1. The van der Waals surface area contributed by atoms with Crippen LogP contribution in [0, 0.1) is 11.3 Å². The molecule has 0 bridgehead atoms. The molecule has 0 radical (unpaired) electrons. The van der Waals surface area contributed by atoms with Gasteiger partial charge in [-0.2, -0.15) is 5.26 Å². The Morgan fingerprint density at radius 1 is 1.14 bits per heavy atom. The van der Waals surface area contributed by atoms with Crippen LogP contribution >= 0.6 is 0 Å². The topological polar surface area (TPSA) is 85.6 Å². The molecule has 2 unspecified atom stereocenters. The Morgan fingerprint density at radius 2 is 1.82 bits per heavy atom. The van der Waals surface area contributed by atoms with Gasteiger partial charge in [-0.15, -0.1) is 0 Å². The van der Waals surface area contributed by atoms with Crippen molar-refractivity contribution in [3.05, 3.63) is 71.3 Å². The summed E-state index contributed by atoms with van der Waals surface area (Å²) in [7, 11) is 0. The van der Waals surface area contributed by atoms with E-state index in [1.807, 2.05) is 35.2 Å². The van der Waals surface area contributed by atoms with Gasteiger partial charge in [-0.1, -0.05) is 42.5 Å². The van der Waals surface area contributed by atoms with Gasteiger partial charge in [0.15, 0.2) is 0 Å². The van der Waals surface area contributed by atoms with Gasteiger partial charge in [0.2, 0.25) is 5.91 Å². The summed E-state index contributed by atoms with van der Waals surface area (Å²) < 4.78 is 5.35. The molecular formula is C22H25N3O3. The molecule has 1 aliphatic rings. The first-order valence-electron chi connectivity index (χ1n) is 9.49. The number of carbonyl (C=O) groups excluding carboxylic acids is 1. The van der Waals surface area contributed by atoms with Crippen molar-refractivity contribution in [1.82, 2.24) is 10.2 Å².